The minimum atomic E-state index is -0.510. The van der Waals surface area contributed by atoms with E-state index in [4.69, 9.17) is 4.42 Å². The van der Waals surface area contributed by atoms with Crippen LogP contribution in [0.25, 0.3) is 11.0 Å². The van der Waals surface area contributed by atoms with Crippen molar-refractivity contribution in [2.75, 3.05) is 0 Å². The third kappa shape index (κ3) is 1.99. The zero-order chi connectivity index (χ0) is 17.9. The number of phenols is 1. The normalized spacial score (nSPS) is 13.0. The lowest BCUT2D eigenvalue weighted by molar-refractivity contribution is 0.0977. The Kier molecular flexibility index (Phi) is 3.15. The van der Waals surface area contributed by atoms with Crippen LogP contribution in [0.15, 0.2) is 39.5 Å². The molecule has 5 heteroatoms. The molecule has 5 nitrogen and oxygen atoms in total. The van der Waals surface area contributed by atoms with E-state index in [1.807, 2.05) is 6.92 Å². The number of hydrogen-bond acceptors (Lipinski definition) is 5. The van der Waals surface area contributed by atoms with Crippen LogP contribution in [0.5, 0.6) is 5.75 Å². The zero-order valence-electron chi connectivity index (χ0n) is 13.7. The SMILES string of the molecule is CCc1cc(=O)c2c(C)cc3c(c2o1)C(=O)c1c(O)cccc1C3=O. The summed E-state index contributed by atoms with van der Waals surface area (Å²) in [6.07, 6.45) is 0.484. The highest BCUT2D eigenvalue weighted by molar-refractivity contribution is 6.32. The third-order valence-corrected chi connectivity index (χ3v) is 4.58. The molecule has 1 aliphatic rings. The molecule has 25 heavy (non-hydrogen) atoms. The fourth-order valence-corrected chi connectivity index (χ4v) is 3.39. The Morgan fingerprint density at radius 2 is 1.76 bits per heavy atom. The van der Waals surface area contributed by atoms with Crippen LogP contribution in [0.3, 0.4) is 0 Å². The van der Waals surface area contributed by atoms with Crippen LogP contribution in [0.4, 0.5) is 0 Å². The number of carbonyl (C=O) groups is 2. The van der Waals surface area contributed by atoms with Gasteiger partial charge in [0.2, 0.25) is 5.78 Å². The summed E-state index contributed by atoms with van der Waals surface area (Å²) >= 11 is 0. The molecule has 0 radical (unpaired) electrons. The van der Waals surface area contributed by atoms with Crippen LogP contribution >= 0.6 is 0 Å². The van der Waals surface area contributed by atoms with Gasteiger partial charge in [0.1, 0.15) is 17.1 Å². The number of phenolic OH excluding ortho intramolecular Hbond substituents is 1. The Bertz CT molecular complexity index is 1150. The van der Waals surface area contributed by atoms with Gasteiger partial charge in [-0.25, -0.2) is 0 Å². The first-order valence-corrected chi connectivity index (χ1v) is 7.95. The lowest BCUT2D eigenvalue weighted by Crippen LogP contribution is -2.22. The molecular weight excluding hydrogens is 320 g/mol. The summed E-state index contributed by atoms with van der Waals surface area (Å²) in [7, 11) is 0. The maximum atomic E-state index is 13.0. The van der Waals surface area contributed by atoms with E-state index in [0.29, 0.717) is 17.7 Å². The van der Waals surface area contributed by atoms with Crippen molar-refractivity contribution in [1.29, 1.82) is 0 Å². The molecule has 1 N–H and O–H groups in total. The van der Waals surface area contributed by atoms with Gasteiger partial charge in [-0.05, 0) is 24.6 Å². The van der Waals surface area contributed by atoms with Gasteiger partial charge in [-0.2, -0.15) is 0 Å². The van der Waals surface area contributed by atoms with E-state index in [9.17, 15) is 19.5 Å². The molecule has 1 aliphatic carbocycles. The second-order valence-corrected chi connectivity index (χ2v) is 6.11. The van der Waals surface area contributed by atoms with E-state index in [0.717, 1.165) is 0 Å². The van der Waals surface area contributed by atoms with Gasteiger partial charge in [0.25, 0.3) is 0 Å². The second kappa shape index (κ2) is 5.14. The van der Waals surface area contributed by atoms with Crippen molar-refractivity contribution in [3.05, 3.63) is 74.1 Å². The summed E-state index contributed by atoms with van der Waals surface area (Å²) in [5.41, 5.74) is 0.805. The number of hydrogen-bond donors (Lipinski definition) is 1. The Balaban J connectivity index is 2.19. The first-order valence-electron chi connectivity index (χ1n) is 7.95. The van der Waals surface area contributed by atoms with Crippen molar-refractivity contribution in [3.63, 3.8) is 0 Å². The number of ketones is 2. The average Bonchev–Trinajstić information content (AvgIpc) is 2.58. The molecule has 1 heterocycles. The summed E-state index contributed by atoms with van der Waals surface area (Å²) in [4.78, 5) is 38.4. The molecule has 124 valence electrons. The van der Waals surface area contributed by atoms with Crippen molar-refractivity contribution in [1.82, 2.24) is 0 Å². The maximum Gasteiger partial charge on any atom is 0.202 e. The Hall–Kier alpha value is -3.21. The second-order valence-electron chi connectivity index (χ2n) is 6.11. The van der Waals surface area contributed by atoms with Crippen LogP contribution in [-0.4, -0.2) is 16.7 Å². The van der Waals surface area contributed by atoms with E-state index in [-0.39, 0.29) is 50.2 Å². The number of carbonyl (C=O) groups excluding carboxylic acids is 2. The lowest BCUT2D eigenvalue weighted by Gasteiger charge is -2.20. The highest BCUT2D eigenvalue weighted by Crippen LogP contribution is 2.36. The van der Waals surface area contributed by atoms with E-state index < -0.39 is 5.78 Å². The number of rotatable bonds is 1. The van der Waals surface area contributed by atoms with Crippen molar-refractivity contribution in [3.8, 4) is 5.75 Å². The molecule has 0 atom stereocenters. The summed E-state index contributed by atoms with van der Waals surface area (Å²) in [5, 5.41) is 10.4. The molecule has 0 spiro atoms. The van der Waals surface area contributed by atoms with Crippen molar-refractivity contribution < 1.29 is 19.1 Å². The first kappa shape index (κ1) is 15.3. The molecule has 0 aliphatic heterocycles. The van der Waals surface area contributed by atoms with Gasteiger partial charge in [0.05, 0.1) is 16.5 Å². The van der Waals surface area contributed by atoms with Gasteiger partial charge in [-0.1, -0.05) is 19.1 Å². The summed E-state index contributed by atoms with van der Waals surface area (Å²) in [5.74, 6) is -0.697. The van der Waals surface area contributed by atoms with Crippen LogP contribution < -0.4 is 5.43 Å². The van der Waals surface area contributed by atoms with Crippen molar-refractivity contribution in [2.45, 2.75) is 20.3 Å². The molecule has 4 rings (SSSR count). The minimum absolute atomic E-state index is 0.0466. The van der Waals surface area contributed by atoms with Gasteiger partial charge in [0, 0.05) is 23.6 Å². The Morgan fingerprint density at radius 1 is 1.00 bits per heavy atom. The Morgan fingerprint density at radius 3 is 2.48 bits per heavy atom. The van der Waals surface area contributed by atoms with E-state index in [1.54, 1.807) is 13.0 Å². The van der Waals surface area contributed by atoms with Gasteiger partial charge in [-0.3, -0.25) is 14.4 Å². The van der Waals surface area contributed by atoms with Crippen LogP contribution in [0.1, 0.15) is 50.1 Å². The van der Waals surface area contributed by atoms with E-state index >= 15 is 0 Å². The minimum Gasteiger partial charge on any atom is -0.507 e. The monoisotopic (exact) mass is 334 g/mol. The van der Waals surface area contributed by atoms with Crippen LogP contribution in [0, 0.1) is 6.92 Å². The predicted octanol–water partition coefficient (Wildman–Crippen LogP) is 3.14. The number of fused-ring (bicyclic) bond motifs is 4. The van der Waals surface area contributed by atoms with Gasteiger partial charge in [0.15, 0.2) is 11.2 Å². The fraction of sp³-hybridized carbons (Fsp3) is 0.150. The molecular formula is C20H14O5. The number of aryl methyl sites for hydroxylation is 2. The largest absolute Gasteiger partial charge is 0.507 e. The molecule has 1 aromatic heterocycles. The summed E-state index contributed by atoms with van der Waals surface area (Å²) < 4.78 is 5.79. The quantitative estimate of drug-likeness (QED) is 0.578. The van der Waals surface area contributed by atoms with Crippen LogP contribution in [0.2, 0.25) is 0 Å². The molecule has 0 fully saturated rings. The first-order chi connectivity index (χ1) is 11.9. The van der Waals surface area contributed by atoms with Crippen molar-refractivity contribution >= 4 is 22.5 Å². The van der Waals surface area contributed by atoms with E-state index in [2.05, 4.69) is 0 Å². The fourth-order valence-electron chi connectivity index (χ4n) is 3.39. The standard InChI is InChI=1S/C20H14O5/c1-3-10-8-14(22)15-9(2)7-12-17(20(15)25-10)19(24)16-11(18(12)23)5-4-6-13(16)21/h4-8,21H,3H2,1-2H3. The number of aromatic hydroxyl groups is 1. The predicted molar refractivity (Wildman–Crippen MR) is 91.6 cm³/mol. The molecule has 0 unspecified atom stereocenters. The molecule has 0 bridgehead atoms. The Labute approximate surface area is 142 Å². The van der Waals surface area contributed by atoms with E-state index in [1.165, 1.54) is 24.3 Å². The molecule has 0 saturated carbocycles. The lowest BCUT2D eigenvalue weighted by atomic mass is 9.81. The topological polar surface area (TPSA) is 84.6 Å². The molecule has 2 aromatic carbocycles. The number of benzene rings is 2. The average molecular weight is 334 g/mol. The van der Waals surface area contributed by atoms with Gasteiger partial charge >= 0.3 is 0 Å². The highest BCUT2D eigenvalue weighted by Gasteiger charge is 2.35. The third-order valence-electron chi connectivity index (χ3n) is 4.58. The van der Waals surface area contributed by atoms with Crippen molar-refractivity contribution in [2.24, 2.45) is 0 Å². The molecule has 3 aromatic rings. The van der Waals surface area contributed by atoms with Crippen LogP contribution in [-0.2, 0) is 6.42 Å². The highest BCUT2D eigenvalue weighted by atomic mass is 16.3. The van der Waals surface area contributed by atoms with Gasteiger partial charge < -0.3 is 9.52 Å². The van der Waals surface area contributed by atoms with Gasteiger partial charge in [-0.15, -0.1) is 0 Å². The summed E-state index contributed by atoms with van der Waals surface area (Å²) in [6.45, 7) is 3.54. The molecule has 0 saturated heterocycles. The maximum absolute atomic E-state index is 13.0. The summed E-state index contributed by atoms with van der Waals surface area (Å²) in [6, 6.07) is 7.35. The molecule has 0 amide bonds. The smallest absolute Gasteiger partial charge is 0.202 e. The zero-order valence-corrected chi connectivity index (χ0v) is 13.7.